The molecule has 0 aliphatic heterocycles. The molecule has 0 bridgehead atoms. The Morgan fingerprint density at radius 3 is 2.41 bits per heavy atom. The van der Waals surface area contributed by atoms with Gasteiger partial charge in [-0.25, -0.2) is 4.98 Å². The van der Waals surface area contributed by atoms with Gasteiger partial charge in [-0.3, -0.25) is 14.7 Å². The molecule has 0 fully saturated rings. The lowest BCUT2D eigenvalue weighted by Gasteiger charge is -2.13. The first-order valence-electron chi connectivity index (χ1n) is 11.9. The van der Waals surface area contributed by atoms with E-state index in [1.54, 1.807) is 44.4 Å². The van der Waals surface area contributed by atoms with Gasteiger partial charge in [-0.1, -0.05) is 24.3 Å². The van der Waals surface area contributed by atoms with E-state index in [2.05, 4.69) is 25.8 Å². The molecule has 8 nitrogen and oxygen atoms in total. The van der Waals surface area contributed by atoms with E-state index in [4.69, 9.17) is 0 Å². The van der Waals surface area contributed by atoms with Crippen LogP contribution in [-0.2, 0) is 17.4 Å². The minimum absolute atomic E-state index is 0.125. The molecule has 11 heteroatoms. The van der Waals surface area contributed by atoms with E-state index in [1.807, 2.05) is 18.2 Å². The summed E-state index contributed by atoms with van der Waals surface area (Å²) < 4.78 is 42.1. The second-order valence-corrected chi connectivity index (χ2v) is 9.00. The van der Waals surface area contributed by atoms with Crippen molar-refractivity contribution in [3.8, 4) is 16.8 Å². The quantitative estimate of drug-likeness (QED) is 0.277. The summed E-state index contributed by atoms with van der Waals surface area (Å²) in [4.78, 5) is 28.7. The second kappa shape index (κ2) is 10.1. The highest BCUT2D eigenvalue weighted by atomic mass is 19.4. The fraction of sp³-hybridized carbons (Fsp3) is 0.143. The molecule has 0 spiro atoms. The molecule has 0 atom stereocenters. The summed E-state index contributed by atoms with van der Waals surface area (Å²) in [5, 5.41) is 13.3. The molecule has 0 radical (unpaired) electrons. The first-order valence-corrected chi connectivity index (χ1v) is 11.9. The van der Waals surface area contributed by atoms with Crippen molar-refractivity contribution in [1.82, 2.24) is 25.1 Å². The number of nitrogens with zero attached hydrogens (tertiary/aromatic N) is 3. The van der Waals surface area contributed by atoms with Crippen molar-refractivity contribution < 1.29 is 22.8 Å². The van der Waals surface area contributed by atoms with Gasteiger partial charge in [-0.05, 0) is 54.4 Å². The Balaban J connectivity index is 1.36. The fourth-order valence-corrected chi connectivity index (χ4v) is 4.20. The molecule has 2 amide bonds. The van der Waals surface area contributed by atoms with Crippen molar-refractivity contribution in [2.24, 2.45) is 0 Å². The van der Waals surface area contributed by atoms with Gasteiger partial charge in [0, 0.05) is 35.6 Å². The number of rotatable bonds is 6. The molecular weight excluding hydrogens is 509 g/mol. The Kier molecular flexibility index (Phi) is 6.65. The van der Waals surface area contributed by atoms with E-state index in [-0.39, 0.29) is 23.6 Å². The summed E-state index contributed by atoms with van der Waals surface area (Å²) in [6, 6.07) is 15.8. The topological polar surface area (TPSA) is 105 Å². The van der Waals surface area contributed by atoms with E-state index < -0.39 is 17.6 Å². The Bertz CT molecular complexity index is 1690. The van der Waals surface area contributed by atoms with Gasteiger partial charge in [-0.2, -0.15) is 18.3 Å². The zero-order chi connectivity index (χ0) is 27.7. The highest BCUT2D eigenvalue weighted by Crippen LogP contribution is 2.32. The number of hydrogen-bond donors (Lipinski definition) is 3. The minimum atomic E-state index is -4.62. The highest BCUT2D eigenvalue weighted by molar-refractivity contribution is 6.05. The van der Waals surface area contributed by atoms with E-state index in [1.165, 1.54) is 17.0 Å². The number of amides is 2. The number of aromatic amines is 1. The molecule has 0 saturated carbocycles. The molecule has 39 heavy (non-hydrogen) atoms. The lowest BCUT2D eigenvalue weighted by Crippen LogP contribution is -2.20. The molecule has 3 N–H and O–H groups in total. The van der Waals surface area contributed by atoms with Crippen LogP contribution in [0.1, 0.15) is 27.3 Å². The SMILES string of the molecule is CNC(=O)Cc1[nH]nc2cc(-c3ccc(NC(=O)c4cc(-n5cnc(C)c5)cc(C(F)(F)F)c4)cc3)ccc12. The van der Waals surface area contributed by atoms with E-state index in [0.29, 0.717) is 16.9 Å². The molecule has 5 rings (SSSR count). The van der Waals surface area contributed by atoms with Gasteiger partial charge < -0.3 is 15.2 Å². The van der Waals surface area contributed by atoms with Crippen LogP contribution in [0.25, 0.3) is 27.7 Å². The molecule has 0 aliphatic rings. The van der Waals surface area contributed by atoms with Crippen LogP contribution in [0, 0.1) is 6.92 Å². The number of benzene rings is 3. The van der Waals surface area contributed by atoms with Gasteiger partial charge in [0.25, 0.3) is 5.91 Å². The Hall–Kier alpha value is -4.93. The van der Waals surface area contributed by atoms with Crippen molar-refractivity contribution in [1.29, 1.82) is 0 Å². The predicted octanol–water partition coefficient (Wildman–Crippen LogP) is 5.28. The number of nitrogens with one attached hydrogen (secondary N) is 3. The zero-order valence-corrected chi connectivity index (χ0v) is 20.9. The first-order chi connectivity index (χ1) is 18.6. The summed E-state index contributed by atoms with van der Waals surface area (Å²) in [6.45, 7) is 1.72. The van der Waals surface area contributed by atoms with Crippen molar-refractivity contribution in [2.75, 3.05) is 12.4 Å². The zero-order valence-electron chi connectivity index (χ0n) is 20.9. The molecule has 2 aromatic heterocycles. The predicted molar refractivity (Wildman–Crippen MR) is 141 cm³/mol. The van der Waals surface area contributed by atoms with Crippen LogP contribution in [0.15, 0.2) is 73.2 Å². The summed E-state index contributed by atoms with van der Waals surface area (Å²) in [7, 11) is 1.57. The summed E-state index contributed by atoms with van der Waals surface area (Å²) >= 11 is 0. The third-order valence-electron chi connectivity index (χ3n) is 6.24. The van der Waals surface area contributed by atoms with Gasteiger partial charge >= 0.3 is 6.18 Å². The van der Waals surface area contributed by atoms with Crippen LogP contribution in [-0.4, -0.2) is 38.6 Å². The van der Waals surface area contributed by atoms with Crippen LogP contribution in [0.5, 0.6) is 0 Å². The van der Waals surface area contributed by atoms with E-state index in [9.17, 15) is 22.8 Å². The number of imidazole rings is 1. The van der Waals surface area contributed by atoms with Gasteiger partial charge in [0.15, 0.2) is 0 Å². The number of carbonyl (C=O) groups is 2. The average molecular weight is 533 g/mol. The number of fused-ring (bicyclic) bond motifs is 1. The largest absolute Gasteiger partial charge is 0.416 e. The molecule has 198 valence electrons. The van der Waals surface area contributed by atoms with Crippen molar-refractivity contribution in [3.05, 3.63) is 95.7 Å². The van der Waals surface area contributed by atoms with Crippen LogP contribution in [0.2, 0.25) is 0 Å². The number of aromatic nitrogens is 4. The number of likely N-dealkylation sites (N-methyl/N-ethyl adjacent to an activating group) is 1. The first kappa shape index (κ1) is 25.7. The van der Waals surface area contributed by atoms with Crippen molar-refractivity contribution in [2.45, 2.75) is 19.5 Å². The van der Waals surface area contributed by atoms with Gasteiger partial charge in [0.2, 0.25) is 5.91 Å². The van der Waals surface area contributed by atoms with Crippen molar-refractivity contribution in [3.63, 3.8) is 0 Å². The molecule has 3 aromatic carbocycles. The molecule has 2 heterocycles. The number of alkyl halides is 3. The van der Waals surface area contributed by atoms with Crippen LogP contribution < -0.4 is 10.6 Å². The van der Waals surface area contributed by atoms with Crippen molar-refractivity contribution >= 4 is 28.4 Å². The number of halogens is 3. The number of hydrogen-bond acceptors (Lipinski definition) is 4. The minimum Gasteiger partial charge on any atom is -0.359 e. The maximum Gasteiger partial charge on any atom is 0.416 e. The lowest BCUT2D eigenvalue weighted by atomic mass is 10.0. The molecule has 0 aliphatic carbocycles. The Labute approximate surface area is 220 Å². The molecule has 5 aromatic rings. The second-order valence-electron chi connectivity index (χ2n) is 9.00. The standard InChI is InChI=1S/C28H23F3N6O2/c1-16-14-37(15-33-16)22-10-19(9-20(12-22)28(29,30)31)27(39)34-21-6-3-17(4-7-21)18-5-8-23-24(11-18)35-36-25(23)13-26(38)32-2/h3-12,14-15H,13H2,1-2H3,(H,32,38)(H,34,39)(H,35,36). The van der Waals surface area contributed by atoms with E-state index >= 15 is 0 Å². The summed E-state index contributed by atoms with van der Waals surface area (Å²) in [5.41, 5.74) is 3.32. The summed E-state index contributed by atoms with van der Waals surface area (Å²) in [5.74, 6) is -0.797. The average Bonchev–Trinajstić information content (AvgIpc) is 3.54. The van der Waals surface area contributed by atoms with E-state index in [0.717, 1.165) is 34.3 Å². The number of aryl methyl sites for hydroxylation is 1. The molecular formula is C28H23F3N6O2. The number of carbonyl (C=O) groups excluding carboxylic acids is 2. The lowest BCUT2D eigenvalue weighted by molar-refractivity contribution is -0.137. The Morgan fingerprint density at radius 2 is 1.74 bits per heavy atom. The monoisotopic (exact) mass is 532 g/mol. The summed E-state index contributed by atoms with van der Waals surface area (Å²) in [6.07, 6.45) is -1.45. The molecule has 0 unspecified atom stereocenters. The van der Waals surface area contributed by atoms with Crippen LogP contribution in [0.3, 0.4) is 0 Å². The third-order valence-corrected chi connectivity index (χ3v) is 6.24. The van der Waals surface area contributed by atoms with Crippen LogP contribution in [0.4, 0.5) is 18.9 Å². The third kappa shape index (κ3) is 5.52. The normalized spacial score (nSPS) is 11.5. The van der Waals surface area contributed by atoms with Gasteiger partial charge in [0.05, 0.1) is 35.2 Å². The molecule has 0 saturated heterocycles. The Morgan fingerprint density at radius 1 is 1.00 bits per heavy atom. The van der Waals surface area contributed by atoms with Gasteiger partial charge in [-0.15, -0.1) is 0 Å². The maximum atomic E-state index is 13.6. The fourth-order valence-electron chi connectivity index (χ4n) is 4.20. The number of H-pyrrole nitrogens is 1. The maximum absolute atomic E-state index is 13.6. The smallest absolute Gasteiger partial charge is 0.359 e. The number of anilines is 1. The van der Waals surface area contributed by atoms with Crippen LogP contribution >= 0.6 is 0 Å². The highest BCUT2D eigenvalue weighted by Gasteiger charge is 2.32. The van der Waals surface area contributed by atoms with Gasteiger partial charge in [0.1, 0.15) is 0 Å².